The first-order valence-electron chi connectivity index (χ1n) is 6.73. The largest absolute Gasteiger partial charge is 0.398 e. The Hall–Kier alpha value is -1.46. The first-order chi connectivity index (χ1) is 9.58. The maximum Gasteiger partial charge on any atom is 0.224 e. The lowest BCUT2D eigenvalue weighted by Gasteiger charge is -2.27. The van der Waals surface area contributed by atoms with E-state index < -0.39 is 0 Å². The Balaban J connectivity index is 1.83. The molecule has 1 fully saturated rings. The second kappa shape index (κ2) is 6.81. The van der Waals surface area contributed by atoms with Gasteiger partial charge in [0.2, 0.25) is 5.91 Å². The van der Waals surface area contributed by atoms with Crippen LogP contribution in [0.3, 0.4) is 0 Å². The molecule has 0 spiro atoms. The number of ether oxygens (including phenoxy) is 1. The van der Waals surface area contributed by atoms with Crippen molar-refractivity contribution in [2.75, 3.05) is 43.9 Å². The first-order valence-corrected chi connectivity index (χ1v) is 7.10. The summed E-state index contributed by atoms with van der Waals surface area (Å²) in [6.45, 7) is 5.17. The predicted octanol–water partition coefficient (Wildman–Crippen LogP) is 1.89. The van der Waals surface area contributed by atoms with Crippen molar-refractivity contribution in [2.45, 2.75) is 13.3 Å². The molecule has 1 heterocycles. The summed E-state index contributed by atoms with van der Waals surface area (Å²) in [6, 6.07) is 3.62. The van der Waals surface area contributed by atoms with Crippen LogP contribution in [0.15, 0.2) is 12.1 Å². The molecule has 0 aromatic heterocycles. The zero-order valence-electron chi connectivity index (χ0n) is 11.6. The van der Waals surface area contributed by atoms with E-state index in [2.05, 4.69) is 5.32 Å². The van der Waals surface area contributed by atoms with Gasteiger partial charge in [0.15, 0.2) is 0 Å². The third-order valence-electron chi connectivity index (χ3n) is 3.36. The standard InChI is InChI=1S/C14H20ClN3O2/c1-10-8-12(16)11(15)9-13(10)17-3-2-14(19)18-4-6-20-7-5-18/h8-9,17H,2-7,16H2,1H3. The highest BCUT2D eigenvalue weighted by Crippen LogP contribution is 2.26. The lowest BCUT2D eigenvalue weighted by Crippen LogP contribution is -2.41. The van der Waals surface area contributed by atoms with Crippen molar-refractivity contribution < 1.29 is 9.53 Å². The number of aryl methyl sites for hydroxylation is 1. The van der Waals surface area contributed by atoms with Gasteiger partial charge in [0.25, 0.3) is 0 Å². The Labute approximate surface area is 124 Å². The highest BCUT2D eigenvalue weighted by Gasteiger charge is 2.16. The van der Waals surface area contributed by atoms with Crippen LogP contribution in [0.1, 0.15) is 12.0 Å². The zero-order chi connectivity index (χ0) is 14.5. The summed E-state index contributed by atoms with van der Waals surface area (Å²) in [4.78, 5) is 13.8. The monoisotopic (exact) mass is 297 g/mol. The van der Waals surface area contributed by atoms with E-state index in [1.807, 2.05) is 17.9 Å². The van der Waals surface area contributed by atoms with E-state index >= 15 is 0 Å². The van der Waals surface area contributed by atoms with Gasteiger partial charge in [-0.05, 0) is 24.6 Å². The van der Waals surface area contributed by atoms with Crippen molar-refractivity contribution in [2.24, 2.45) is 0 Å². The summed E-state index contributed by atoms with van der Waals surface area (Å²) >= 11 is 5.99. The van der Waals surface area contributed by atoms with Crippen LogP contribution in [0.2, 0.25) is 5.02 Å². The minimum absolute atomic E-state index is 0.153. The molecule has 110 valence electrons. The van der Waals surface area contributed by atoms with Gasteiger partial charge in [0.05, 0.1) is 23.9 Å². The summed E-state index contributed by atoms with van der Waals surface area (Å²) in [5, 5.41) is 3.76. The number of nitrogens with one attached hydrogen (secondary N) is 1. The van der Waals surface area contributed by atoms with Crippen LogP contribution < -0.4 is 11.1 Å². The molecule has 0 bridgehead atoms. The highest BCUT2D eigenvalue weighted by atomic mass is 35.5. The van der Waals surface area contributed by atoms with Gasteiger partial charge in [-0.1, -0.05) is 11.6 Å². The number of halogens is 1. The molecular weight excluding hydrogens is 278 g/mol. The number of benzene rings is 1. The number of carbonyl (C=O) groups is 1. The Morgan fingerprint density at radius 2 is 2.15 bits per heavy atom. The van der Waals surface area contributed by atoms with E-state index in [1.54, 1.807) is 6.07 Å². The molecule has 1 aromatic rings. The van der Waals surface area contributed by atoms with E-state index in [-0.39, 0.29) is 5.91 Å². The molecule has 0 unspecified atom stereocenters. The number of nitrogens with two attached hydrogens (primary N) is 1. The normalized spacial score (nSPS) is 15.2. The average molecular weight is 298 g/mol. The smallest absolute Gasteiger partial charge is 0.224 e. The van der Waals surface area contributed by atoms with Crippen LogP contribution in [-0.4, -0.2) is 43.7 Å². The van der Waals surface area contributed by atoms with Gasteiger partial charge in [0, 0.05) is 31.7 Å². The fourth-order valence-electron chi connectivity index (χ4n) is 2.17. The summed E-state index contributed by atoms with van der Waals surface area (Å²) in [6.07, 6.45) is 0.460. The lowest BCUT2D eigenvalue weighted by molar-refractivity contribution is -0.134. The molecule has 0 saturated carbocycles. The molecule has 3 N–H and O–H groups in total. The van der Waals surface area contributed by atoms with E-state index in [0.717, 1.165) is 11.3 Å². The van der Waals surface area contributed by atoms with Crippen molar-refractivity contribution in [3.05, 3.63) is 22.7 Å². The van der Waals surface area contributed by atoms with Gasteiger partial charge >= 0.3 is 0 Å². The molecular formula is C14H20ClN3O2. The zero-order valence-corrected chi connectivity index (χ0v) is 12.4. The summed E-state index contributed by atoms with van der Waals surface area (Å²) in [5.41, 5.74) is 8.24. The number of amides is 1. The highest BCUT2D eigenvalue weighted by molar-refractivity contribution is 6.33. The van der Waals surface area contributed by atoms with E-state index in [9.17, 15) is 4.79 Å². The van der Waals surface area contributed by atoms with Crippen LogP contribution in [0.5, 0.6) is 0 Å². The SMILES string of the molecule is Cc1cc(N)c(Cl)cc1NCCC(=O)N1CCOCC1. The van der Waals surface area contributed by atoms with Gasteiger partial charge in [-0.15, -0.1) is 0 Å². The van der Waals surface area contributed by atoms with Crippen LogP contribution in [-0.2, 0) is 9.53 Å². The minimum Gasteiger partial charge on any atom is -0.398 e. The van der Waals surface area contributed by atoms with Gasteiger partial charge in [0.1, 0.15) is 0 Å². The molecule has 2 rings (SSSR count). The van der Waals surface area contributed by atoms with Gasteiger partial charge < -0.3 is 20.7 Å². The number of carbonyl (C=O) groups excluding carboxylic acids is 1. The van der Waals surface area contributed by atoms with Crippen LogP contribution in [0.4, 0.5) is 11.4 Å². The van der Waals surface area contributed by atoms with Crippen LogP contribution in [0, 0.1) is 6.92 Å². The number of nitrogen functional groups attached to an aromatic ring is 1. The van der Waals surface area contributed by atoms with E-state index in [4.69, 9.17) is 22.1 Å². The molecule has 0 aliphatic carbocycles. The van der Waals surface area contributed by atoms with E-state index in [1.165, 1.54) is 0 Å². The molecule has 0 radical (unpaired) electrons. The molecule has 5 nitrogen and oxygen atoms in total. The first kappa shape index (κ1) is 14.9. The van der Waals surface area contributed by atoms with E-state index in [0.29, 0.717) is 50.0 Å². The molecule has 1 saturated heterocycles. The lowest BCUT2D eigenvalue weighted by atomic mass is 10.1. The van der Waals surface area contributed by atoms with Gasteiger partial charge in [-0.3, -0.25) is 4.79 Å². The number of anilines is 2. The minimum atomic E-state index is 0.153. The Bertz CT molecular complexity index is 488. The summed E-state index contributed by atoms with van der Waals surface area (Å²) < 4.78 is 5.23. The van der Waals surface area contributed by atoms with Crippen molar-refractivity contribution >= 4 is 28.9 Å². The predicted molar refractivity (Wildman–Crippen MR) is 81.1 cm³/mol. The van der Waals surface area contributed by atoms with Crippen molar-refractivity contribution in [3.63, 3.8) is 0 Å². The maximum atomic E-state index is 12.0. The summed E-state index contributed by atoms with van der Waals surface area (Å²) in [7, 11) is 0. The molecule has 20 heavy (non-hydrogen) atoms. The molecule has 6 heteroatoms. The Morgan fingerprint density at radius 1 is 1.45 bits per heavy atom. The fraction of sp³-hybridized carbons (Fsp3) is 0.500. The number of hydrogen-bond acceptors (Lipinski definition) is 4. The number of rotatable bonds is 4. The number of nitrogens with zero attached hydrogens (tertiary/aromatic N) is 1. The van der Waals surface area contributed by atoms with Crippen molar-refractivity contribution in [1.29, 1.82) is 0 Å². The third kappa shape index (κ3) is 3.77. The third-order valence-corrected chi connectivity index (χ3v) is 3.69. The number of hydrogen-bond donors (Lipinski definition) is 2. The summed E-state index contributed by atoms with van der Waals surface area (Å²) in [5.74, 6) is 0.153. The van der Waals surface area contributed by atoms with Gasteiger partial charge in [-0.25, -0.2) is 0 Å². The van der Waals surface area contributed by atoms with Gasteiger partial charge in [-0.2, -0.15) is 0 Å². The molecule has 1 aliphatic heterocycles. The average Bonchev–Trinajstić information content (AvgIpc) is 2.45. The van der Waals surface area contributed by atoms with Crippen LogP contribution >= 0.6 is 11.6 Å². The Morgan fingerprint density at radius 3 is 2.85 bits per heavy atom. The topological polar surface area (TPSA) is 67.6 Å². The maximum absolute atomic E-state index is 12.0. The van der Waals surface area contributed by atoms with Crippen LogP contribution in [0.25, 0.3) is 0 Å². The second-order valence-electron chi connectivity index (χ2n) is 4.86. The second-order valence-corrected chi connectivity index (χ2v) is 5.27. The molecule has 1 amide bonds. The Kier molecular flexibility index (Phi) is 5.09. The van der Waals surface area contributed by atoms with Crippen molar-refractivity contribution in [1.82, 2.24) is 4.90 Å². The molecule has 1 aromatic carbocycles. The number of morpholine rings is 1. The quantitative estimate of drug-likeness (QED) is 0.833. The van der Waals surface area contributed by atoms with Crippen molar-refractivity contribution in [3.8, 4) is 0 Å². The molecule has 1 aliphatic rings. The fourth-order valence-corrected chi connectivity index (χ4v) is 2.33. The molecule has 0 atom stereocenters.